The SMILES string of the molecule is Cc1cc(Nc2c(F)cc(F)cc2F)ccc1C#N. The van der Waals surface area contributed by atoms with Gasteiger partial charge in [0.05, 0.1) is 11.6 Å². The lowest BCUT2D eigenvalue weighted by Gasteiger charge is -2.10. The van der Waals surface area contributed by atoms with E-state index in [1.807, 2.05) is 6.07 Å². The lowest BCUT2D eigenvalue weighted by Crippen LogP contribution is -1.99. The van der Waals surface area contributed by atoms with Crippen molar-refractivity contribution in [2.75, 3.05) is 5.32 Å². The first-order valence-corrected chi connectivity index (χ1v) is 5.43. The molecule has 0 atom stereocenters. The predicted molar refractivity (Wildman–Crippen MR) is 65.5 cm³/mol. The van der Waals surface area contributed by atoms with Crippen molar-refractivity contribution in [3.8, 4) is 6.07 Å². The molecule has 5 heteroatoms. The van der Waals surface area contributed by atoms with Crippen LogP contribution in [0.5, 0.6) is 0 Å². The van der Waals surface area contributed by atoms with E-state index in [9.17, 15) is 13.2 Å². The molecular weight excluding hydrogens is 253 g/mol. The maximum Gasteiger partial charge on any atom is 0.152 e. The molecule has 0 bridgehead atoms. The Kier molecular flexibility index (Phi) is 3.43. The average molecular weight is 262 g/mol. The van der Waals surface area contributed by atoms with Crippen LogP contribution < -0.4 is 5.32 Å². The van der Waals surface area contributed by atoms with Crippen LogP contribution in [0.1, 0.15) is 11.1 Å². The van der Waals surface area contributed by atoms with Crippen molar-refractivity contribution in [2.24, 2.45) is 0 Å². The van der Waals surface area contributed by atoms with E-state index in [-0.39, 0.29) is 0 Å². The van der Waals surface area contributed by atoms with Crippen molar-refractivity contribution in [2.45, 2.75) is 6.92 Å². The number of hydrogen-bond donors (Lipinski definition) is 1. The van der Waals surface area contributed by atoms with E-state index in [0.29, 0.717) is 28.9 Å². The Balaban J connectivity index is 2.37. The molecule has 2 nitrogen and oxygen atoms in total. The zero-order chi connectivity index (χ0) is 14.0. The van der Waals surface area contributed by atoms with Crippen LogP contribution in [0, 0.1) is 35.7 Å². The zero-order valence-corrected chi connectivity index (χ0v) is 9.97. The molecule has 1 N–H and O–H groups in total. The van der Waals surface area contributed by atoms with Gasteiger partial charge in [-0.25, -0.2) is 13.2 Å². The first-order chi connectivity index (χ1) is 9.01. The van der Waals surface area contributed by atoms with E-state index in [0.717, 1.165) is 0 Å². The average Bonchev–Trinajstić information content (AvgIpc) is 2.34. The van der Waals surface area contributed by atoms with Crippen LogP contribution in [0.4, 0.5) is 24.5 Å². The Morgan fingerprint density at radius 3 is 2.21 bits per heavy atom. The zero-order valence-electron chi connectivity index (χ0n) is 9.97. The van der Waals surface area contributed by atoms with Crippen LogP contribution in [-0.2, 0) is 0 Å². The fourth-order valence-electron chi connectivity index (χ4n) is 1.67. The Hall–Kier alpha value is -2.48. The molecule has 0 spiro atoms. The summed E-state index contributed by atoms with van der Waals surface area (Å²) in [5.74, 6) is -3.00. The predicted octanol–water partition coefficient (Wildman–Crippen LogP) is 4.03. The number of anilines is 2. The van der Waals surface area contributed by atoms with Gasteiger partial charge in [-0.05, 0) is 30.7 Å². The molecule has 0 aromatic heterocycles. The lowest BCUT2D eigenvalue weighted by atomic mass is 10.1. The minimum absolute atomic E-state index is 0.418. The van der Waals surface area contributed by atoms with Gasteiger partial charge in [-0.2, -0.15) is 5.26 Å². The Bertz CT molecular complexity index is 652. The fourth-order valence-corrected chi connectivity index (χ4v) is 1.67. The van der Waals surface area contributed by atoms with Gasteiger partial charge in [-0.15, -0.1) is 0 Å². The lowest BCUT2D eigenvalue weighted by molar-refractivity contribution is 0.549. The second kappa shape index (κ2) is 5.02. The smallest absolute Gasteiger partial charge is 0.152 e. The number of nitrogens with zero attached hydrogens (tertiary/aromatic N) is 1. The summed E-state index contributed by atoms with van der Waals surface area (Å²) >= 11 is 0. The van der Waals surface area contributed by atoms with Crippen LogP contribution in [0.25, 0.3) is 0 Å². The Morgan fingerprint density at radius 2 is 1.68 bits per heavy atom. The molecule has 0 aliphatic rings. The fraction of sp³-hybridized carbons (Fsp3) is 0.0714. The third-order valence-electron chi connectivity index (χ3n) is 2.62. The van der Waals surface area contributed by atoms with E-state index in [1.54, 1.807) is 13.0 Å². The highest BCUT2D eigenvalue weighted by Gasteiger charge is 2.12. The van der Waals surface area contributed by atoms with E-state index >= 15 is 0 Å². The molecule has 0 fully saturated rings. The first kappa shape index (κ1) is 13.0. The topological polar surface area (TPSA) is 35.8 Å². The summed E-state index contributed by atoms with van der Waals surface area (Å²) in [4.78, 5) is 0. The normalized spacial score (nSPS) is 10.1. The maximum absolute atomic E-state index is 13.4. The number of halogens is 3. The van der Waals surface area contributed by atoms with Crippen LogP contribution in [-0.4, -0.2) is 0 Å². The number of benzene rings is 2. The van der Waals surface area contributed by atoms with Crippen molar-refractivity contribution in [1.82, 2.24) is 0 Å². The minimum Gasteiger partial charge on any atom is -0.351 e. The molecule has 0 heterocycles. The highest BCUT2D eigenvalue weighted by molar-refractivity contribution is 5.63. The summed E-state index contributed by atoms with van der Waals surface area (Å²) in [6, 6.07) is 7.83. The first-order valence-electron chi connectivity index (χ1n) is 5.43. The standard InChI is InChI=1S/C14H9F3N2/c1-8-4-11(3-2-9(8)7-18)19-14-12(16)5-10(15)6-13(14)17/h2-6,19H,1H3. The Labute approximate surface area is 108 Å². The van der Waals surface area contributed by atoms with E-state index < -0.39 is 23.1 Å². The summed E-state index contributed by atoms with van der Waals surface area (Å²) in [7, 11) is 0. The third kappa shape index (κ3) is 2.68. The molecule has 0 saturated heterocycles. The number of nitrogens with one attached hydrogen (secondary N) is 1. The van der Waals surface area contributed by atoms with Crippen LogP contribution in [0.2, 0.25) is 0 Å². The summed E-state index contributed by atoms with van der Waals surface area (Å²) in [6.07, 6.45) is 0. The van der Waals surface area contributed by atoms with Gasteiger partial charge in [0, 0.05) is 17.8 Å². The van der Waals surface area contributed by atoms with Gasteiger partial charge >= 0.3 is 0 Å². The molecule has 0 unspecified atom stereocenters. The highest BCUT2D eigenvalue weighted by atomic mass is 19.1. The molecule has 2 aromatic carbocycles. The molecule has 0 aliphatic heterocycles. The van der Waals surface area contributed by atoms with Gasteiger partial charge < -0.3 is 5.32 Å². The summed E-state index contributed by atoms with van der Waals surface area (Å²) in [5, 5.41) is 11.3. The Morgan fingerprint density at radius 1 is 1.05 bits per heavy atom. The van der Waals surface area contributed by atoms with E-state index in [1.165, 1.54) is 12.1 Å². The number of rotatable bonds is 2. The van der Waals surface area contributed by atoms with Gasteiger partial charge in [0.25, 0.3) is 0 Å². The summed E-state index contributed by atoms with van der Waals surface area (Å²) in [6.45, 7) is 1.71. The van der Waals surface area contributed by atoms with Gasteiger partial charge in [-0.1, -0.05) is 0 Å². The van der Waals surface area contributed by atoms with Crippen molar-refractivity contribution >= 4 is 11.4 Å². The quantitative estimate of drug-likeness (QED) is 0.887. The van der Waals surface area contributed by atoms with Gasteiger partial charge in [0.1, 0.15) is 11.5 Å². The molecule has 0 radical (unpaired) electrons. The molecule has 2 aromatic rings. The number of aryl methyl sites for hydroxylation is 1. The molecule has 19 heavy (non-hydrogen) atoms. The van der Waals surface area contributed by atoms with Gasteiger partial charge in [-0.3, -0.25) is 0 Å². The molecular formula is C14H9F3N2. The van der Waals surface area contributed by atoms with Gasteiger partial charge in [0.15, 0.2) is 11.6 Å². The third-order valence-corrected chi connectivity index (χ3v) is 2.62. The van der Waals surface area contributed by atoms with Crippen molar-refractivity contribution in [1.29, 1.82) is 5.26 Å². The second-order valence-corrected chi connectivity index (χ2v) is 4.01. The number of hydrogen-bond acceptors (Lipinski definition) is 2. The van der Waals surface area contributed by atoms with Crippen molar-refractivity contribution in [3.05, 3.63) is 58.9 Å². The van der Waals surface area contributed by atoms with E-state index in [2.05, 4.69) is 5.32 Å². The van der Waals surface area contributed by atoms with Gasteiger partial charge in [0.2, 0.25) is 0 Å². The molecule has 2 rings (SSSR count). The van der Waals surface area contributed by atoms with Crippen molar-refractivity contribution in [3.63, 3.8) is 0 Å². The van der Waals surface area contributed by atoms with Crippen LogP contribution in [0.15, 0.2) is 30.3 Å². The molecule has 0 saturated carbocycles. The maximum atomic E-state index is 13.4. The second-order valence-electron chi connectivity index (χ2n) is 4.01. The van der Waals surface area contributed by atoms with E-state index in [4.69, 9.17) is 5.26 Å². The number of nitriles is 1. The van der Waals surface area contributed by atoms with Crippen LogP contribution >= 0.6 is 0 Å². The molecule has 0 amide bonds. The summed E-state index contributed by atoms with van der Waals surface area (Å²) in [5.41, 5.74) is 1.15. The minimum atomic E-state index is -1.01. The highest BCUT2D eigenvalue weighted by Crippen LogP contribution is 2.25. The largest absolute Gasteiger partial charge is 0.351 e. The monoisotopic (exact) mass is 262 g/mol. The molecule has 96 valence electrons. The summed E-state index contributed by atoms with van der Waals surface area (Å²) < 4.78 is 39.7. The molecule has 0 aliphatic carbocycles. The van der Waals surface area contributed by atoms with Crippen LogP contribution in [0.3, 0.4) is 0 Å². The van der Waals surface area contributed by atoms with Crippen molar-refractivity contribution < 1.29 is 13.2 Å².